The average Bonchev–Trinajstić information content (AvgIpc) is 2.75. The van der Waals surface area contributed by atoms with E-state index in [0.29, 0.717) is 12.5 Å². The highest BCUT2D eigenvalue weighted by Crippen LogP contribution is 2.14. The number of ether oxygens (including phenoxy) is 2. The van der Waals surface area contributed by atoms with Gasteiger partial charge in [-0.25, -0.2) is 18.1 Å². The predicted octanol–water partition coefficient (Wildman–Crippen LogP) is 1.48. The Morgan fingerprint density at radius 2 is 1.93 bits per heavy atom. The molecule has 0 aromatic heterocycles. The van der Waals surface area contributed by atoms with E-state index in [-0.39, 0.29) is 4.90 Å². The van der Waals surface area contributed by atoms with Gasteiger partial charge in [-0.15, -0.1) is 0 Å². The summed E-state index contributed by atoms with van der Waals surface area (Å²) in [4.78, 5) is 4.81. The van der Waals surface area contributed by atoms with Gasteiger partial charge in [-0.1, -0.05) is 12.1 Å². The zero-order valence-electron chi connectivity index (χ0n) is 17.4. The number of sulfonamides is 1. The Balaban J connectivity index is 1.71. The van der Waals surface area contributed by atoms with Crippen molar-refractivity contribution in [1.29, 1.82) is 0 Å². The summed E-state index contributed by atoms with van der Waals surface area (Å²) in [6.07, 6.45) is 3.10. The monoisotopic (exact) mass is 426 g/mol. The van der Waals surface area contributed by atoms with Gasteiger partial charge in [0.05, 0.1) is 11.4 Å². The molecule has 1 aliphatic rings. The molecule has 8 nitrogen and oxygen atoms in total. The summed E-state index contributed by atoms with van der Waals surface area (Å²) in [6.45, 7) is 7.28. The van der Waals surface area contributed by atoms with Gasteiger partial charge in [-0.3, -0.25) is 0 Å². The van der Waals surface area contributed by atoms with Gasteiger partial charge >= 0.3 is 0 Å². The van der Waals surface area contributed by atoms with Gasteiger partial charge in [-0.05, 0) is 56.8 Å². The van der Waals surface area contributed by atoms with E-state index in [9.17, 15) is 8.42 Å². The van der Waals surface area contributed by atoms with Crippen molar-refractivity contribution in [2.24, 2.45) is 10.9 Å². The van der Waals surface area contributed by atoms with E-state index in [4.69, 9.17) is 9.47 Å². The standard InChI is InChI=1S/C20H34N4O4S/c1-3-22-20(23-11-4-12-28-16-18-9-13-27-14-10-18)24-15-17-5-7-19(8-6-17)29(25,26)21-2/h5-8,18,21H,3-4,9-16H2,1-2H3,(H2,22,23,24). The number of rotatable bonds is 11. The Bertz CT molecular complexity index is 717. The highest BCUT2D eigenvalue weighted by Gasteiger charge is 2.13. The number of nitrogens with zero attached hydrogens (tertiary/aromatic N) is 1. The second kappa shape index (κ2) is 12.8. The maximum Gasteiger partial charge on any atom is 0.240 e. The maximum absolute atomic E-state index is 11.8. The minimum absolute atomic E-state index is 0.249. The molecule has 0 bridgehead atoms. The number of benzene rings is 1. The Labute approximate surface area is 174 Å². The minimum atomic E-state index is -3.41. The van der Waals surface area contributed by atoms with Crippen LogP contribution in [-0.2, 0) is 26.0 Å². The Morgan fingerprint density at radius 1 is 1.21 bits per heavy atom. The number of nitrogens with one attached hydrogen (secondary N) is 3. The molecule has 1 aliphatic heterocycles. The fourth-order valence-electron chi connectivity index (χ4n) is 2.95. The van der Waals surface area contributed by atoms with Crippen LogP contribution in [0.25, 0.3) is 0 Å². The lowest BCUT2D eigenvalue weighted by molar-refractivity contribution is 0.0203. The fourth-order valence-corrected chi connectivity index (χ4v) is 3.68. The number of hydrogen-bond donors (Lipinski definition) is 3. The van der Waals surface area contributed by atoms with Gasteiger partial charge in [0.25, 0.3) is 0 Å². The van der Waals surface area contributed by atoms with Gasteiger partial charge in [-0.2, -0.15) is 0 Å². The van der Waals surface area contributed by atoms with Gasteiger partial charge in [0, 0.05) is 39.5 Å². The molecule has 1 saturated heterocycles. The summed E-state index contributed by atoms with van der Waals surface area (Å²) in [5, 5.41) is 6.53. The summed E-state index contributed by atoms with van der Waals surface area (Å²) in [5.74, 6) is 1.37. The summed E-state index contributed by atoms with van der Waals surface area (Å²) in [5.41, 5.74) is 0.942. The molecule has 29 heavy (non-hydrogen) atoms. The predicted molar refractivity (Wildman–Crippen MR) is 114 cm³/mol. The molecule has 0 amide bonds. The van der Waals surface area contributed by atoms with E-state index < -0.39 is 10.0 Å². The Kier molecular flexibility index (Phi) is 10.4. The summed E-state index contributed by atoms with van der Waals surface area (Å²) >= 11 is 0. The molecule has 0 aliphatic carbocycles. The van der Waals surface area contributed by atoms with Crippen molar-refractivity contribution in [1.82, 2.24) is 15.4 Å². The molecule has 0 saturated carbocycles. The van der Waals surface area contributed by atoms with Crippen LogP contribution >= 0.6 is 0 Å². The molecule has 1 fully saturated rings. The largest absolute Gasteiger partial charge is 0.381 e. The first-order valence-corrected chi connectivity index (χ1v) is 11.7. The third-order valence-corrected chi connectivity index (χ3v) is 6.15. The lowest BCUT2D eigenvalue weighted by Crippen LogP contribution is -2.38. The molecular weight excluding hydrogens is 392 g/mol. The van der Waals surface area contributed by atoms with Crippen molar-refractivity contribution in [2.45, 2.75) is 37.6 Å². The summed E-state index contributed by atoms with van der Waals surface area (Å²) < 4.78 is 37.0. The van der Waals surface area contributed by atoms with Crippen LogP contribution in [0.4, 0.5) is 0 Å². The first-order valence-electron chi connectivity index (χ1n) is 10.2. The smallest absolute Gasteiger partial charge is 0.240 e. The van der Waals surface area contributed by atoms with Crippen LogP contribution in [0.3, 0.4) is 0 Å². The van der Waals surface area contributed by atoms with Crippen LogP contribution in [0.1, 0.15) is 31.7 Å². The zero-order valence-corrected chi connectivity index (χ0v) is 18.3. The number of hydrogen-bond acceptors (Lipinski definition) is 5. The molecular formula is C20H34N4O4S. The second-order valence-electron chi connectivity index (χ2n) is 6.96. The molecule has 0 atom stereocenters. The minimum Gasteiger partial charge on any atom is -0.381 e. The lowest BCUT2D eigenvalue weighted by Gasteiger charge is -2.21. The molecule has 9 heteroatoms. The van der Waals surface area contributed by atoms with Crippen LogP contribution < -0.4 is 15.4 Å². The van der Waals surface area contributed by atoms with E-state index in [2.05, 4.69) is 20.3 Å². The molecule has 1 aromatic carbocycles. The number of aliphatic imine (C=N–C) groups is 1. The highest BCUT2D eigenvalue weighted by molar-refractivity contribution is 7.89. The van der Waals surface area contributed by atoms with Crippen molar-refractivity contribution in [3.8, 4) is 0 Å². The highest BCUT2D eigenvalue weighted by atomic mass is 32.2. The summed E-state index contributed by atoms with van der Waals surface area (Å²) in [7, 11) is -2.01. The quantitative estimate of drug-likeness (QED) is 0.282. The van der Waals surface area contributed by atoms with Gasteiger partial charge in [0.1, 0.15) is 0 Å². The molecule has 0 radical (unpaired) electrons. The third kappa shape index (κ3) is 8.69. The Morgan fingerprint density at radius 3 is 2.59 bits per heavy atom. The van der Waals surface area contributed by atoms with Crippen molar-refractivity contribution < 1.29 is 17.9 Å². The van der Waals surface area contributed by atoms with Gasteiger partial charge < -0.3 is 20.1 Å². The first kappa shape index (κ1) is 23.6. The molecule has 164 valence electrons. The van der Waals surface area contributed by atoms with Crippen LogP contribution in [0.15, 0.2) is 34.2 Å². The normalized spacial score (nSPS) is 16.0. The van der Waals surface area contributed by atoms with Crippen LogP contribution in [0, 0.1) is 5.92 Å². The van der Waals surface area contributed by atoms with E-state index in [1.54, 1.807) is 24.3 Å². The van der Waals surface area contributed by atoms with E-state index in [1.165, 1.54) is 7.05 Å². The van der Waals surface area contributed by atoms with Crippen LogP contribution in [0.5, 0.6) is 0 Å². The van der Waals surface area contributed by atoms with E-state index >= 15 is 0 Å². The molecule has 1 aromatic rings. The topological polar surface area (TPSA) is 101 Å². The van der Waals surface area contributed by atoms with Gasteiger partial charge in [0.2, 0.25) is 10.0 Å². The lowest BCUT2D eigenvalue weighted by atomic mass is 10.0. The van der Waals surface area contributed by atoms with Crippen molar-refractivity contribution in [3.05, 3.63) is 29.8 Å². The molecule has 1 heterocycles. The maximum atomic E-state index is 11.8. The fraction of sp³-hybridized carbons (Fsp3) is 0.650. The number of guanidine groups is 1. The van der Waals surface area contributed by atoms with Gasteiger partial charge in [0.15, 0.2) is 5.96 Å². The second-order valence-corrected chi connectivity index (χ2v) is 8.84. The van der Waals surface area contributed by atoms with Crippen LogP contribution in [0.2, 0.25) is 0 Å². The average molecular weight is 427 g/mol. The molecule has 0 unspecified atom stereocenters. The SMILES string of the molecule is CCNC(=NCc1ccc(S(=O)(=O)NC)cc1)NCCCOCC1CCOCC1. The van der Waals surface area contributed by atoms with Crippen molar-refractivity contribution >= 4 is 16.0 Å². The zero-order chi connectivity index (χ0) is 21.0. The van der Waals surface area contributed by atoms with Crippen molar-refractivity contribution in [2.75, 3.05) is 46.6 Å². The molecule has 0 spiro atoms. The molecule has 3 N–H and O–H groups in total. The van der Waals surface area contributed by atoms with E-state index in [1.807, 2.05) is 6.92 Å². The third-order valence-electron chi connectivity index (χ3n) is 4.72. The molecule has 2 rings (SSSR count). The van der Waals surface area contributed by atoms with Crippen LogP contribution in [-0.4, -0.2) is 60.9 Å². The first-order chi connectivity index (χ1) is 14.0. The van der Waals surface area contributed by atoms with Crippen molar-refractivity contribution in [3.63, 3.8) is 0 Å². The Hall–Kier alpha value is -1.68. The summed E-state index contributed by atoms with van der Waals surface area (Å²) in [6, 6.07) is 6.74. The van der Waals surface area contributed by atoms with E-state index in [0.717, 1.165) is 70.3 Å².